The monoisotopic (exact) mass is 269 g/mol. The number of alkyl halides is 1. The molecule has 0 atom stereocenters. The fraction of sp³-hybridized carbons (Fsp3) is 0.400. The SMILES string of the molecule is Cc1nc(Br)c(CBr)s1. The molecule has 0 unspecified atom stereocenters. The van der Waals surface area contributed by atoms with Gasteiger partial charge in [0.2, 0.25) is 0 Å². The molecule has 0 N–H and O–H groups in total. The molecule has 0 aromatic carbocycles. The summed E-state index contributed by atoms with van der Waals surface area (Å²) in [7, 11) is 0. The Morgan fingerprint density at radius 1 is 1.67 bits per heavy atom. The van der Waals surface area contributed by atoms with Gasteiger partial charge >= 0.3 is 0 Å². The van der Waals surface area contributed by atoms with Crippen molar-refractivity contribution in [2.45, 2.75) is 12.3 Å². The topological polar surface area (TPSA) is 12.9 Å². The second kappa shape index (κ2) is 3.12. The first-order chi connectivity index (χ1) is 4.24. The van der Waals surface area contributed by atoms with E-state index in [1.54, 1.807) is 11.3 Å². The summed E-state index contributed by atoms with van der Waals surface area (Å²) in [4.78, 5) is 5.44. The van der Waals surface area contributed by atoms with E-state index < -0.39 is 0 Å². The Kier molecular flexibility index (Phi) is 2.67. The van der Waals surface area contributed by atoms with Crippen molar-refractivity contribution in [1.82, 2.24) is 4.98 Å². The first-order valence-electron chi connectivity index (χ1n) is 2.42. The van der Waals surface area contributed by atoms with E-state index in [-0.39, 0.29) is 0 Å². The van der Waals surface area contributed by atoms with Gasteiger partial charge in [0.1, 0.15) is 4.60 Å². The molecule has 0 fully saturated rings. The lowest BCUT2D eigenvalue weighted by atomic mass is 10.6. The zero-order valence-electron chi connectivity index (χ0n) is 4.82. The van der Waals surface area contributed by atoms with Crippen LogP contribution in [0.4, 0.5) is 0 Å². The summed E-state index contributed by atoms with van der Waals surface area (Å²) in [6.45, 7) is 2.00. The minimum absolute atomic E-state index is 0.888. The van der Waals surface area contributed by atoms with E-state index in [1.807, 2.05) is 6.92 Å². The van der Waals surface area contributed by atoms with Gasteiger partial charge in [0, 0.05) is 10.2 Å². The maximum Gasteiger partial charge on any atom is 0.121 e. The van der Waals surface area contributed by atoms with Gasteiger partial charge in [-0.15, -0.1) is 11.3 Å². The highest BCUT2D eigenvalue weighted by atomic mass is 79.9. The highest BCUT2D eigenvalue weighted by Crippen LogP contribution is 2.24. The molecule has 1 nitrogen and oxygen atoms in total. The molecule has 1 aromatic rings. The third-order valence-corrected chi connectivity index (χ3v) is 3.70. The molecule has 0 bridgehead atoms. The number of aromatic nitrogens is 1. The summed E-state index contributed by atoms with van der Waals surface area (Å²) >= 11 is 8.42. The molecule has 0 aliphatic carbocycles. The van der Waals surface area contributed by atoms with Crippen LogP contribution in [0.5, 0.6) is 0 Å². The van der Waals surface area contributed by atoms with Gasteiger partial charge in [0.15, 0.2) is 0 Å². The van der Waals surface area contributed by atoms with Gasteiger partial charge in [-0.3, -0.25) is 0 Å². The van der Waals surface area contributed by atoms with E-state index in [4.69, 9.17) is 0 Å². The molecule has 0 saturated heterocycles. The number of nitrogens with zero attached hydrogens (tertiary/aromatic N) is 1. The van der Waals surface area contributed by atoms with Gasteiger partial charge in [0.05, 0.1) is 5.01 Å². The summed E-state index contributed by atoms with van der Waals surface area (Å²) in [6, 6.07) is 0. The first-order valence-corrected chi connectivity index (χ1v) is 5.15. The standard InChI is InChI=1S/C5H5Br2NS/c1-3-8-5(7)4(2-6)9-3/h2H2,1H3. The number of hydrogen-bond donors (Lipinski definition) is 0. The molecule has 0 spiro atoms. The molecule has 0 aliphatic heterocycles. The average molecular weight is 271 g/mol. The van der Waals surface area contributed by atoms with Crippen molar-refractivity contribution in [3.05, 3.63) is 14.5 Å². The zero-order chi connectivity index (χ0) is 6.85. The number of halogens is 2. The van der Waals surface area contributed by atoms with E-state index in [1.165, 1.54) is 4.88 Å². The van der Waals surface area contributed by atoms with Crippen LogP contribution in [0.25, 0.3) is 0 Å². The van der Waals surface area contributed by atoms with E-state index in [9.17, 15) is 0 Å². The van der Waals surface area contributed by atoms with Crippen molar-refractivity contribution >= 4 is 43.2 Å². The quantitative estimate of drug-likeness (QED) is 0.715. The third-order valence-electron chi connectivity index (χ3n) is 0.878. The van der Waals surface area contributed by atoms with Crippen molar-refractivity contribution in [2.24, 2.45) is 0 Å². The van der Waals surface area contributed by atoms with E-state index >= 15 is 0 Å². The lowest BCUT2D eigenvalue weighted by Crippen LogP contribution is -1.68. The Morgan fingerprint density at radius 3 is 2.56 bits per heavy atom. The van der Waals surface area contributed by atoms with Crippen LogP contribution in [0.2, 0.25) is 0 Å². The second-order valence-electron chi connectivity index (χ2n) is 1.58. The molecule has 1 rings (SSSR count). The summed E-state index contributed by atoms with van der Waals surface area (Å²) in [5, 5.41) is 2.00. The Labute approximate surface area is 74.8 Å². The Hall–Kier alpha value is 0.590. The average Bonchev–Trinajstić information content (AvgIpc) is 2.10. The van der Waals surface area contributed by atoms with Crippen molar-refractivity contribution in [3.8, 4) is 0 Å². The smallest absolute Gasteiger partial charge is 0.121 e. The predicted octanol–water partition coefficient (Wildman–Crippen LogP) is 3.11. The number of thiazole rings is 1. The molecule has 4 heteroatoms. The van der Waals surface area contributed by atoms with Crippen LogP contribution in [-0.2, 0) is 5.33 Å². The molecule has 0 radical (unpaired) electrons. The summed E-state index contributed by atoms with van der Waals surface area (Å²) in [6.07, 6.45) is 0. The molecule has 1 heterocycles. The van der Waals surface area contributed by atoms with Crippen molar-refractivity contribution in [1.29, 1.82) is 0 Å². The third kappa shape index (κ3) is 1.75. The number of hydrogen-bond acceptors (Lipinski definition) is 2. The Bertz CT molecular complexity index is 209. The maximum atomic E-state index is 4.19. The van der Waals surface area contributed by atoms with Gasteiger partial charge in [-0.1, -0.05) is 15.9 Å². The van der Waals surface area contributed by atoms with Crippen molar-refractivity contribution in [2.75, 3.05) is 0 Å². The van der Waals surface area contributed by atoms with Gasteiger partial charge in [-0.25, -0.2) is 4.98 Å². The van der Waals surface area contributed by atoms with Gasteiger partial charge in [-0.05, 0) is 22.9 Å². The fourth-order valence-electron chi connectivity index (χ4n) is 0.526. The van der Waals surface area contributed by atoms with E-state index in [2.05, 4.69) is 36.8 Å². The maximum absolute atomic E-state index is 4.19. The Balaban J connectivity index is 3.01. The number of rotatable bonds is 1. The van der Waals surface area contributed by atoms with Crippen LogP contribution in [0, 0.1) is 6.92 Å². The summed E-state index contributed by atoms with van der Waals surface area (Å²) in [5.74, 6) is 0. The van der Waals surface area contributed by atoms with Crippen LogP contribution in [0.15, 0.2) is 4.60 Å². The normalized spacial score (nSPS) is 10.1. The highest BCUT2D eigenvalue weighted by molar-refractivity contribution is 9.10. The lowest BCUT2D eigenvalue weighted by molar-refractivity contribution is 1.24. The Morgan fingerprint density at radius 2 is 2.33 bits per heavy atom. The van der Waals surface area contributed by atoms with Crippen LogP contribution < -0.4 is 0 Å². The zero-order valence-corrected chi connectivity index (χ0v) is 8.81. The van der Waals surface area contributed by atoms with Gasteiger partial charge < -0.3 is 0 Å². The van der Waals surface area contributed by atoms with Crippen LogP contribution >= 0.6 is 43.2 Å². The van der Waals surface area contributed by atoms with Crippen molar-refractivity contribution in [3.63, 3.8) is 0 Å². The summed E-state index contributed by atoms with van der Waals surface area (Å²) in [5.41, 5.74) is 0. The second-order valence-corrected chi connectivity index (χ2v) is 4.18. The van der Waals surface area contributed by atoms with Crippen LogP contribution in [-0.4, -0.2) is 4.98 Å². The van der Waals surface area contributed by atoms with Gasteiger partial charge in [-0.2, -0.15) is 0 Å². The molecule has 1 aromatic heterocycles. The summed E-state index contributed by atoms with van der Waals surface area (Å²) < 4.78 is 0.974. The molecule has 0 aliphatic rings. The van der Waals surface area contributed by atoms with Crippen LogP contribution in [0.3, 0.4) is 0 Å². The minimum atomic E-state index is 0.888. The molecule has 9 heavy (non-hydrogen) atoms. The fourth-order valence-corrected chi connectivity index (χ4v) is 2.96. The molecule has 0 saturated carbocycles. The lowest BCUT2D eigenvalue weighted by Gasteiger charge is -1.82. The first kappa shape index (κ1) is 7.69. The van der Waals surface area contributed by atoms with Crippen molar-refractivity contribution < 1.29 is 0 Å². The molecular formula is C5H5Br2NS. The largest absolute Gasteiger partial charge is 0.234 e. The number of aryl methyl sites for hydroxylation is 1. The molecule has 50 valence electrons. The highest BCUT2D eigenvalue weighted by Gasteiger charge is 2.02. The predicted molar refractivity (Wildman–Crippen MR) is 47.2 cm³/mol. The minimum Gasteiger partial charge on any atom is -0.234 e. The van der Waals surface area contributed by atoms with Gasteiger partial charge in [0.25, 0.3) is 0 Å². The molecule has 0 amide bonds. The van der Waals surface area contributed by atoms with Crippen LogP contribution in [0.1, 0.15) is 9.88 Å². The van der Waals surface area contributed by atoms with E-state index in [0.717, 1.165) is 14.9 Å². The van der Waals surface area contributed by atoms with E-state index in [0.29, 0.717) is 0 Å². The molecular weight excluding hydrogens is 266 g/mol.